The van der Waals surface area contributed by atoms with Gasteiger partial charge in [0.2, 0.25) is 5.82 Å². The van der Waals surface area contributed by atoms with Gasteiger partial charge in [-0.15, -0.1) is 0 Å². The highest BCUT2D eigenvalue weighted by molar-refractivity contribution is 5.54. The molecule has 1 unspecified atom stereocenters. The fraction of sp³-hybridized carbons (Fsp3) is 0.467. The zero-order chi connectivity index (χ0) is 14.5. The molecule has 0 saturated heterocycles. The fourth-order valence-electron chi connectivity index (χ4n) is 2.17. The van der Waals surface area contributed by atoms with E-state index >= 15 is 0 Å². The van der Waals surface area contributed by atoms with Crippen LogP contribution in [0.3, 0.4) is 0 Å². The standard InChI is InChI=1S/C15H21N3O2/c1-10(2)13(19-3)14-17-15(20-18-14)12-6-4-5-11(9-12)7-8-16/h4-6,9-10,13H,7-8,16H2,1-3H3. The minimum absolute atomic E-state index is 0.153. The van der Waals surface area contributed by atoms with Crippen molar-refractivity contribution in [2.45, 2.75) is 26.4 Å². The van der Waals surface area contributed by atoms with Crippen molar-refractivity contribution in [1.82, 2.24) is 10.1 Å². The Morgan fingerprint density at radius 2 is 2.15 bits per heavy atom. The highest BCUT2D eigenvalue weighted by Crippen LogP contribution is 2.25. The summed E-state index contributed by atoms with van der Waals surface area (Å²) in [5.41, 5.74) is 7.65. The SMILES string of the molecule is COC(c1noc(-c2cccc(CCN)c2)n1)C(C)C. The van der Waals surface area contributed by atoms with Gasteiger partial charge in [0.05, 0.1) is 0 Å². The van der Waals surface area contributed by atoms with Crippen LogP contribution in [0.15, 0.2) is 28.8 Å². The molecule has 0 spiro atoms. The first kappa shape index (κ1) is 14.7. The van der Waals surface area contributed by atoms with Crippen LogP contribution in [0, 0.1) is 5.92 Å². The Labute approximate surface area is 119 Å². The molecule has 2 aromatic rings. The first-order valence-electron chi connectivity index (χ1n) is 6.81. The number of methoxy groups -OCH3 is 1. The molecule has 1 aromatic heterocycles. The smallest absolute Gasteiger partial charge is 0.258 e. The summed E-state index contributed by atoms with van der Waals surface area (Å²) in [7, 11) is 1.66. The number of ether oxygens (including phenoxy) is 1. The van der Waals surface area contributed by atoms with Crippen molar-refractivity contribution in [2.75, 3.05) is 13.7 Å². The number of nitrogens with zero attached hydrogens (tertiary/aromatic N) is 2. The van der Waals surface area contributed by atoms with Crippen molar-refractivity contribution in [3.05, 3.63) is 35.7 Å². The molecule has 5 heteroatoms. The number of aromatic nitrogens is 2. The summed E-state index contributed by atoms with van der Waals surface area (Å²) < 4.78 is 10.8. The largest absolute Gasteiger partial charge is 0.373 e. The second-order valence-electron chi connectivity index (χ2n) is 5.10. The van der Waals surface area contributed by atoms with E-state index in [0.29, 0.717) is 18.3 Å². The van der Waals surface area contributed by atoms with Gasteiger partial charge in [0.25, 0.3) is 5.89 Å². The fourth-order valence-corrected chi connectivity index (χ4v) is 2.17. The molecule has 2 N–H and O–H groups in total. The van der Waals surface area contributed by atoms with Gasteiger partial charge in [-0.2, -0.15) is 4.98 Å². The van der Waals surface area contributed by atoms with Crippen molar-refractivity contribution >= 4 is 0 Å². The Kier molecular flexibility index (Phi) is 4.87. The average Bonchev–Trinajstić information content (AvgIpc) is 2.89. The molecular weight excluding hydrogens is 254 g/mol. The van der Waals surface area contributed by atoms with Crippen LogP contribution in [0.4, 0.5) is 0 Å². The lowest BCUT2D eigenvalue weighted by Crippen LogP contribution is -2.10. The van der Waals surface area contributed by atoms with Crippen LogP contribution in [-0.2, 0) is 11.2 Å². The van der Waals surface area contributed by atoms with Gasteiger partial charge in [-0.3, -0.25) is 0 Å². The molecule has 1 aromatic carbocycles. The van der Waals surface area contributed by atoms with Gasteiger partial charge in [-0.25, -0.2) is 0 Å². The van der Waals surface area contributed by atoms with Gasteiger partial charge >= 0.3 is 0 Å². The van der Waals surface area contributed by atoms with Gasteiger partial charge in [0, 0.05) is 12.7 Å². The zero-order valence-corrected chi connectivity index (χ0v) is 12.2. The summed E-state index contributed by atoms with van der Waals surface area (Å²) in [6.07, 6.45) is 0.682. The molecule has 0 amide bonds. The topological polar surface area (TPSA) is 74.2 Å². The monoisotopic (exact) mass is 275 g/mol. The number of benzene rings is 1. The quantitative estimate of drug-likeness (QED) is 0.877. The highest BCUT2D eigenvalue weighted by atomic mass is 16.5. The Bertz CT molecular complexity index is 552. The summed E-state index contributed by atoms with van der Waals surface area (Å²) in [4.78, 5) is 4.44. The third kappa shape index (κ3) is 3.23. The lowest BCUT2D eigenvalue weighted by atomic mass is 10.1. The second kappa shape index (κ2) is 6.63. The van der Waals surface area contributed by atoms with E-state index in [9.17, 15) is 0 Å². The lowest BCUT2D eigenvalue weighted by Gasteiger charge is -2.14. The maximum atomic E-state index is 5.58. The normalized spacial score (nSPS) is 12.8. The van der Waals surface area contributed by atoms with Crippen LogP contribution < -0.4 is 5.73 Å². The second-order valence-corrected chi connectivity index (χ2v) is 5.10. The van der Waals surface area contributed by atoms with Crippen LogP contribution in [0.2, 0.25) is 0 Å². The number of hydrogen-bond acceptors (Lipinski definition) is 5. The molecule has 0 radical (unpaired) electrons. The van der Waals surface area contributed by atoms with Crippen molar-refractivity contribution < 1.29 is 9.26 Å². The Morgan fingerprint density at radius 1 is 1.35 bits per heavy atom. The molecule has 2 rings (SSSR count). The molecule has 0 saturated carbocycles. The van der Waals surface area contributed by atoms with Gasteiger partial charge < -0.3 is 15.0 Å². The van der Waals surface area contributed by atoms with E-state index in [1.165, 1.54) is 0 Å². The molecule has 20 heavy (non-hydrogen) atoms. The molecule has 0 aliphatic carbocycles. The van der Waals surface area contributed by atoms with Crippen LogP contribution in [0.1, 0.15) is 31.3 Å². The maximum absolute atomic E-state index is 5.58. The number of nitrogens with two attached hydrogens (primary N) is 1. The summed E-state index contributed by atoms with van der Waals surface area (Å²) in [5, 5.41) is 4.02. The zero-order valence-electron chi connectivity index (χ0n) is 12.2. The molecular formula is C15H21N3O2. The lowest BCUT2D eigenvalue weighted by molar-refractivity contribution is 0.0556. The van der Waals surface area contributed by atoms with E-state index in [2.05, 4.69) is 24.0 Å². The summed E-state index contributed by atoms with van der Waals surface area (Å²) >= 11 is 0. The van der Waals surface area contributed by atoms with Crippen LogP contribution in [0.25, 0.3) is 11.5 Å². The Morgan fingerprint density at radius 3 is 2.80 bits per heavy atom. The maximum Gasteiger partial charge on any atom is 0.258 e. The van der Waals surface area contributed by atoms with E-state index in [-0.39, 0.29) is 12.0 Å². The first-order valence-corrected chi connectivity index (χ1v) is 6.81. The van der Waals surface area contributed by atoms with Crippen LogP contribution in [-0.4, -0.2) is 23.8 Å². The summed E-state index contributed by atoms with van der Waals surface area (Å²) in [6.45, 7) is 4.75. The number of rotatable bonds is 6. The molecule has 0 fully saturated rings. The Hall–Kier alpha value is -1.72. The van der Waals surface area contributed by atoms with Crippen LogP contribution in [0.5, 0.6) is 0 Å². The van der Waals surface area contributed by atoms with E-state index < -0.39 is 0 Å². The highest BCUT2D eigenvalue weighted by Gasteiger charge is 2.21. The van der Waals surface area contributed by atoms with E-state index in [1.54, 1.807) is 7.11 Å². The van der Waals surface area contributed by atoms with E-state index in [1.807, 2.05) is 24.3 Å². The molecule has 5 nitrogen and oxygen atoms in total. The van der Waals surface area contributed by atoms with Crippen molar-refractivity contribution in [2.24, 2.45) is 11.7 Å². The average molecular weight is 275 g/mol. The first-order chi connectivity index (χ1) is 9.65. The minimum atomic E-state index is -0.153. The van der Waals surface area contributed by atoms with Crippen molar-refractivity contribution in [3.8, 4) is 11.5 Å². The molecule has 1 heterocycles. The third-order valence-corrected chi connectivity index (χ3v) is 3.16. The molecule has 108 valence electrons. The van der Waals surface area contributed by atoms with Gasteiger partial charge in [0.15, 0.2) is 0 Å². The molecule has 1 atom stereocenters. The Balaban J connectivity index is 2.26. The number of hydrogen-bond donors (Lipinski definition) is 1. The third-order valence-electron chi connectivity index (χ3n) is 3.16. The molecule has 0 aliphatic rings. The van der Waals surface area contributed by atoms with E-state index in [0.717, 1.165) is 17.5 Å². The van der Waals surface area contributed by atoms with Gasteiger partial charge in [-0.05, 0) is 36.6 Å². The van der Waals surface area contributed by atoms with E-state index in [4.69, 9.17) is 15.0 Å². The van der Waals surface area contributed by atoms with Crippen LogP contribution >= 0.6 is 0 Å². The summed E-state index contributed by atoms with van der Waals surface area (Å²) in [5.74, 6) is 1.39. The molecule has 0 bridgehead atoms. The minimum Gasteiger partial charge on any atom is -0.373 e. The predicted molar refractivity (Wildman–Crippen MR) is 77.1 cm³/mol. The molecule has 0 aliphatic heterocycles. The van der Waals surface area contributed by atoms with Gasteiger partial charge in [0.1, 0.15) is 6.10 Å². The van der Waals surface area contributed by atoms with Crippen molar-refractivity contribution in [1.29, 1.82) is 0 Å². The summed E-state index contributed by atoms with van der Waals surface area (Å²) in [6, 6.07) is 8.00. The van der Waals surface area contributed by atoms with Gasteiger partial charge in [-0.1, -0.05) is 31.1 Å². The predicted octanol–water partition coefficient (Wildman–Crippen LogP) is 2.58. The van der Waals surface area contributed by atoms with Crippen molar-refractivity contribution in [3.63, 3.8) is 0 Å².